The molecule has 0 spiro atoms. The van der Waals surface area contributed by atoms with E-state index >= 15 is 0 Å². The highest BCUT2D eigenvalue weighted by Gasteiger charge is 2.03. The van der Waals surface area contributed by atoms with E-state index in [9.17, 15) is 0 Å². The van der Waals surface area contributed by atoms with Crippen molar-refractivity contribution in [1.29, 1.82) is 0 Å². The minimum absolute atomic E-state index is 0. The number of aromatic nitrogens is 2. The lowest BCUT2D eigenvalue weighted by Crippen LogP contribution is -2.36. The molecule has 1 aromatic heterocycles. The molecule has 0 unspecified atom stereocenters. The molecular weight excluding hydrogens is 437 g/mol. The van der Waals surface area contributed by atoms with Gasteiger partial charge in [-0.3, -0.25) is 0 Å². The maximum atomic E-state index is 4.60. The van der Waals surface area contributed by atoms with E-state index in [1.165, 1.54) is 11.1 Å². The molecule has 2 N–H and O–H groups in total. The second-order valence-electron chi connectivity index (χ2n) is 5.90. The van der Waals surface area contributed by atoms with Gasteiger partial charge in [0.05, 0.1) is 23.9 Å². The number of halogens is 1. The van der Waals surface area contributed by atoms with Crippen LogP contribution in [-0.2, 0) is 13.1 Å². The van der Waals surface area contributed by atoms with E-state index in [0.717, 1.165) is 36.6 Å². The van der Waals surface area contributed by atoms with E-state index in [1.807, 2.05) is 24.5 Å². The fourth-order valence-corrected chi connectivity index (χ4v) is 2.76. The molecule has 0 amide bonds. The highest BCUT2D eigenvalue weighted by molar-refractivity contribution is 14.0. The van der Waals surface area contributed by atoms with Crippen molar-refractivity contribution in [3.63, 3.8) is 0 Å². The van der Waals surface area contributed by atoms with Crippen LogP contribution in [0.25, 0.3) is 11.0 Å². The summed E-state index contributed by atoms with van der Waals surface area (Å²) in [5, 5.41) is 6.48. The smallest absolute Gasteiger partial charge is 0.191 e. The maximum absolute atomic E-state index is 4.60. The molecule has 0 radical (unpaired) electrons. The van der Waals surface area contributed by atoms with Gasteiger partial charge in [-0.1, -0.05) is 36.4 Å². The summed E-state index contributed by atoms with van der Waals surface area (Å²) in [5.74, 6) is 0.860. The molecule has 0 atom stereocenters. The Balaban J connectivity index is 0.00000243. The molecule has 0 saturated carbocycles. The van der Waals surface area contributed by atoms with Gasteiger partial charge in [-0.25, -0.2) is 9.98 Å². The molecule has 0 bridgehead atoms. The average molecular weight is 463 g/mol. The van der Waals surface area contributed by atoms with Gasteiger partial charge in [0.2, 0.25) is 0 Å². The Morgan fingerprint density at radius 1 is 0.962 bits per heavy atom. The molecule has 0 aliphatic rings. The van der Waals surface area contributed by atoms with Crippen molar-refractivity contribution >= 4 is 41.0 Å². The van der Waals surface area contributed by atoms with Crippen LogP contribution in [0.1, 0.15) is 25.0 Å². The number of fused-ring (bicyclic) bond motifs is 1. The number of para-hydroxylation sites is 2. The molecule has 5 nitrogen and oxygen atoms in total. The molecule has 138 valence electrons. The first-order valence-corrected chi connectivity index (χ1v) is 8.80. The Kier molecular flexibility index (Phi) is 7.90. The Labute approximate surface area is 172 Å². The highest BCUT2D eigenvalue weighted by Crippen LogP contribution is 2.14. The molecule has 0 fully saturated rings. The zero-order chi connectivity index (χ0) is 17.5. The van der Waals surface area contributed by atoms with Crippen LogP contribution in [0.4, 0.5) is 0 Å². The molecule has 0 aliphatic heterocycles. The number of guanidine groups is 1. The van der Waals surface area contributed by atoms with E-state index in [0.29, 0.717) is 6.54 Å². The first-order chi connectivity index (χ1) is 12.3. The number of rotatable bonds is 6. The van der Waals surface area contributed by atoms with Crippen molar-refractivity contribution in [3.8, 4) is 0 Å². The van der Waals surface area contributed by atoms with Gasteiger partial charge in [-0.2, -0.15) is 0 Å². The van der Waals surface area contributed by atoms with Crippen LogP contribution in [0.5, 0.6) is 0 Å². The molecular formula is C20H26IN5. The first-order valence-electron chi connectivity index (χ1n) is 8.80. The predicted octanol–water partition coefficient (Wildman–Crippen LogP) is 3.78. The summed E-state index contributed by atoms with van der Waals surface area (Å²) in [6.07, 6.45) is 1.90. The number of hydrogen-bond donors (Lipinski definition) is 2. The van der Waals surface area contributed by atoms with Gasteiger partial charge in [0.25, 0.3) is 0 Å². The lowest BCUT2D eigenvalue weighted by molar-refractivity contribution is 0.822. The summed E-state index contributed by atoms with van der Waals surface area (Å²) in [6.45, 7) is 7.36. The van der Waals surface area contributed by atoms with Gasteiger partial charge in [0, 0.05) is 19.6 Å². The number of benzene rings is 2. The monoisotopic (exact) mass is 463 g/mol. The van der Waals surface area contributed by atoms with Crippen LogP contribution in [0.2, 0.25) is 0 Å². The number of imidazole rings is 1. The number of hydrogen-bond acceptors (Lipinski definition) is 2. The van der Waals surface area contributed by atoms with Crippen molar-refractivity contribution < 1.29 is 0 Å². The summed E-state index contributed by atoms with van der Waals surface area (Å²) in [5.41, 5.74) is 4.66. The Morgan fingerprint density at radius 3 is 2.31 bits per heavy atom. The summed E-state index contributed by atoms with van der Waals surface area (Å²) in [4.78, 5) is 9.05. The largest absolute Gasteiger partial charge is 0.357 e. The Morgan fingerprint density at radius 2 is 1.62 bits per heavy atom. The molecule has 2 aromatic carbocycles. The van der Waals surface area contributed by atoms with Crippen LogP contribution >= 0.6 is 24.0 Å². The third-order valence-corrected chi connectivity index (χ3v) is 4.01. The first kappa shape index (κ1) is 20.2. The fourth-order valence-electron chi connectivity index (χ4n) is 2.76. The van der Waals surface area contributed by atoms with Gasteiger partial charge in [-0.05, 0) is 37.1 Å². The lowest BCUT2D eigenvalue weighted by atomic mass is 10.1. The minimum Gasteiger partial charge on any atom is -0.357 e. The zero-order valence-corrected chi connectivity index (χ0v) is 17.6. The number of aliphatic imine (C=N–C) groups is 1. The van der Waals surface area contributed by atoms with Crippen LogP contribution < -0.4 is 10.6 Å². The van der Waals surface area contributed by atoms with Crippen LogP contribution in [0.3, 0.4) is 0 Å². The summed E-state index contributed by atoms with van der Waals surface area (Å²) in [6, 6.07) is 16.8. The molecule has 1 heterocycles. The van der Waals surface area contributed by atoms with E-state index in [1.54, 1.807) is 0 Å². The van der Waals surface area contributed by atoms with Gasteiger partial charge < -0.3 is 15.2 Å². The van der Waals surface area contributed by atoms with E-state index in [-0.39, 0.29) is 24.0 Å². The quantitative estimate of drug-likeness (QED) is 0.333. The normalized spacial score (nSPS) is 10.2. The third kappa shape index (κ3) is 5.20. The third-order valence-electron chi connectivity index (χ3n) is 4.01. The van der Waals surface area contributed by atoms with Crippen LogP contribution in [0, 0.1) is 0 Å². The van der Waals surface area contributed by atoms with Crippen molar-refractivity contribution in [1.82, 2.24) is 20.2 Å². The van der Waals surface area contributed by atoms with Gasteiger partial charge in [0.15, 0.2) is 5.96 Å². The average Bonchev–Trinajstić information content (AvgIpc) is 3.04. The number of nitrogens with one attached hydrogen (secondary N) is 2. The Hall–Kier alpha value is -2.09. The summed E-state index contributed by atoms with van der Waals surface area (Å²) in [7, 11) is 0. The molecule has 0 aliphatic carbocycles. The second kappa shape index (κ2) is 10.2. The zero-order valence-electron chi connectivity index (χ0n) is 15.3. The van der Waals surface area contributed by atoms with Crippen molar-refractivity contribution in [2.45, 2.75) is 26.9 Å². The van der Waals surface area contributed by atoms with Gasteiger partial charge >= 0.3 is 0 Å². The minimum atomic E-state index is 0. The summed E-state index contributed by atoms with van der Waals surface area (Å²) >= 11 is 0. The second-order valence-corrected chi connectivity index (χ2v) is 5.90. The topological polar surface area (TPSA) is 54.2 Å². The standard InChI is InChI=1S/C20H25N5.HI/c1-3-21-20(22-4-2)23-13-16-9-11-17(12-10-16)14-25-15-24-18-7-5-6-8-19(18)25;/h5-12,15H,3-4,13-14H2,1-2H3,(H2,21,22,23);1H. The van der Waals surface area contributed by atoms with E-state index < -0.39 is 0 Å². The predicted molar refractivity (Wildman–Crippen MR) is 119 cm³/mol. The number of nitrogens with zero attached hydrogens (tertiary/aromatic N) is 3. The van der Waals surface area contributed by atoms with E-state index in [4.69, 9.17) is 0 Å². The summed E-state index contributed by atoms with van der Waals surface area (Å²) < 4.78 is 2.18. The molecule has 26 heavy (non-hydrogen) atoms. The van der Waals surface area contributed by atoms with Crippen molar-refractivity contribution in [2.75, 3.05) is 13.1 Å². The van der Waals surface area contributed by atoms with Crippen LogP contribution in [0.15, 0.2) is 59.9 Å². The van der Waals surface area contributed by atoms with Gasteiger partial charge in [0.1, 0.15) is 0 Å². The van der Waals surface area contributed by atoms with Crippen LogP contribution in [-0.4, -0.2) is 28.6 Å². The molecule has 0 saturated heterocycles. The van der Waals surface area contributed by atoms with Gasteiger partial charge in [-0.15, -0.1) is 24.0 Å². The molecule has 3 rings (SSSR count). The van der Waals surface area contributed by atoms with E-state index in [2.05, 4.69) is 69.4 Å². The fraction of sp³-hybridized carbons (Fsp3) is 0.300. The van der Waals surface area contributed by atoms with Crippen molar-refractivity contribution in [3.05, 3.63) is 66.0 Å². The lowest BCUT2D eigenvalue weighted by Gasteiger charge is -2.09. The SMILES string of the molecule is CCNC(=NCc1ccc(Cn2cnc3ccccc32)cc1)NCC.I. The molecule has 6 heteroatoms. The highest BCUT2D eigenvalue weighted by atomic mass is 127. The Bertz CT molecular complexity index is 831. The maximum Gasteiger partial charge on any atom is 0.191 e. The molecule has 3 aromatic rings. The van der Waals surface area contributed by atoms with Crippen molar-refractivity contribution in [2.24, 2.45) is 4.99 Å².